The monoisotopic (exact) mass is 267 g/mol. The van der Waals surface area contributed by atoms with Gasteiger partial charge < -0.3 is 11.1 Å². The number of hydrogen-bond donors (Lipinski definition) is 2. The van der Waals surface area contributed by atoms with Crippen LogP contribution >= 0.6 is 15.9 Å². The van der Waals surface area contributed by atoms with Crippen LogP contribution in [0.3, 0.4) is 0 Å². The van der Waals surface area contributed by atoms with Crippen LogP contribution in [-0.4, -0.2) is 11.9 Å². The SMILES string of the molecule is Cc1ccc(C2NC(=O)N=C2N)cc1Br. The fourth-order valence-corrected chi connectivity index (χ4v) is 1.85. The van der Waals surface area contributed by atoms with E-state index in [2.05, 4.69) is 26.2 Å². The highest BCUT2D eigenvalue weighted by Gasteiger charge is 2.25. The zero-order valence-electron chi connectivity index (χ0n) is 8.12. The maximum absolute atomic E-state index is 11.0. The van der Waals surface area contributed by atoms with E-state index in [1.165, 1.54) is 0 Å². The first-order valence-electron chi connectivity index (χ1n) is 4.48. The van der Waals surface area contributed by atoms with Crippen LogP contribution in [0.1, 0.15) is 17.2 Å². The lowest BCUT2D eigenvalue weighted by atomic mass is 10.1. The maximum Gasteiger partial charge on any atom is 0.343 e. The highest BCUT2D eigenvalue weighted by Crippen LogP contribution is 2.23. The van der Waals surface area contributed by atoms with Crippen LogP contribution in [0.4, 0.5) is 4.79 Å². The van der Waals surface area contributed by atoms with E-state index in [4.69, 9.17) is 5.73 Å². The van der Waals surface area contributed by atoms with E-state index < -0.39 is 0 Å². The summed E-state index contributed by atoms with van der Waals surface area (Å²) in [5, 5.41) is 2.68. The van der Waals surface area contributed by atoms with Crippen LogP contribution < -0.4 is 11.1 Å². The number of amides is 2. The second-order valence-electron chi connectivity index (χ2n) is 3.43. The molecule has 1 unspecified atom stereocenters. The molecule has 0 saturated carbocycles. The van der Waals surface area contributed by atoms with E-state index >= 15 is 0 Å². The first-order valence-corrected chi connectivity index (χ1v) is 5.28. The molecule has 0 bridgehead atoms. The fourth-order valence-electron chi connectivity index (χ4n) is 1.45. The Balaban J connectivity index is 2.35. The van der Waals surface area contributed by atoms with E-state index in [1.54, 1.807) is 0 Å². The number of aliphatic imine (C=N–C) groups is 1. The average molecular weight is 268 g/mol. The average Bonchev–Trinajstić information content (AvgIpc) is 2.50. The second-order valence-corrected chi connectivity index (χ2v) is 4.28. The number of aryl methyl sites for hydroxylation is 1. The number of nitrogens with two attached hydrogens (primary N) is 1. The molecule has 1 aliphatic heterocycles. The standard InChI is InChI=1S/C10H10BrN3O/c1-5-2-3-6(4-7(5)11)8-9(12)14-10(15)13-8/h2-4,8H,1H3,(H3,12,13,14,15). The number of amidine groups is 1. The minimum Gasteiger partial charge on any atom is -0.385 e. The molecule has 0 fully saturated rings. The Morgan fingerprint density at radius 2 is 2.27 bits per heavy atom. The van der Waals surface area contributed by atoms with E-state index in [0.717, 1.165) is 15.6 Å². The molecule has 5 heteroatoms. The van der Waals surface area contributed by atoms with Gasteiger partial charge in [-0.3, -0.25) is 0 Å². The Hall–Kier alpha value is -1.36. The number of rotatable bonds is 1. The molecule has 0 saturated heterocycles. The van der Waals surface area contributed by atoms with Gasteiger partial charge in [-0.25, -0.2) is 4.79 Å². The number of carbonyl (C=O) groups excluding carboxylic acids is 1. The normalized spacial score (nSPS) is 20.0. The summed E-state index contributed by atoms with van der Waals surface area (Å²) in [6.07, 6.45) is 0. The van der Waals surface area contributed by atoms with Gasteiger partial charge in [0, 0.05) is 4.47 Å². The topological polar surface area (TPSA) is 67.5 Å². The van der Waals surface area contributed by atoms with E-state index in [0.29, 0.717) is 5.84 Å². The molecule has 78 valence electrons. The van der Waals surface area contributed by atoms with Crippen LogP contribution in [0.25, 0.3) is 0 Å². The molecule has 4 nitrogen and oxygen atoms in total. The molecular weight excluding hydrogens is 258 g/mol. The van der Waals surface area contributed by atoms with Crippen molar-refractivity contribution < 1.29 is 4.79 Å². The zero-order chi connectivity index (χ0) is 11.0. The Bertz CT molecular complexity index is 456. The predicted molar refractivity (Wildman–Crippen MR) is 61.8 cm³/mol. The number of carbonyl (C=O) groups is 1. The lowest BCUT2D eigenvalue weighted by Gasteiger charge is -2.11. The lowest BCUT2D eigenvalue weighted by Crippen LogP contribution is -2.27. The molecule has 1 heterocycles. The van der Waals surface area contributed by atoms with Gasteiger partial charge in [-0.15, -0.1) is 0 Å². The molecule has 1 aromatic rings. The van der Waals surface area contributed by atoms with Crippen LogP contribution in [0.2, 0.25) is 0 Å². The van der Waals surface area contributed by atoms with Gasteiger partial charge in [-0.1, -0.05) is 28.1 Å². The fraction of sp³-hybridized carbons (Fsp3) is 0.200. The minimum atomic E-state index is -0.380. The Kier molecular flexibility index (Phi) is 2.48. The van der Waals surface area contributed by atoms with Crippen molar-refractivity contribution >= 4 is 27.8 Å². The molecule has 0 spiro atoms. The predicted octanol–water partition coefficient (Wildman–Crippen LogP) is 1.88. The highest BCUT2D eigenvalue weighted by atomic mass is 79.9. The van der Waals surface area contributed by atoms with Gasteiger partial charge in [0.15, 0.2) is 0 Å². The smallest absolute Gasteiger partial charge is 0.343 e. The largest absolute Gasteiger partial charge is 0.385 e. The van der Waals surface area contributed by atoms with Gasteiger partial charge >= 0.3 is 6.03 Å². The van der Waals surface area contributed by atoms with Crippen LogP contribution in [0.15, 0.2) is 27.7 Å². The van der Waals surface area contributed by atoms with Crippen LogP contribution in [-0.2, 0) is 0 Å². The minimum absolute atomic E-state index is 0.297. The summed E-state index contributed by atoms with van der Waals surface area (Å²) in [6, 6.07) is 5.16. The Morgan fingerprint density at radius 1 is 1.53 bits per heavy atom. The molecule has 2 rings (SSSR count). The third kappa shape index (κ3) is 1.87. The van der Waals surface area contributed by atoms with Gasteiger partial charge in [0.25, 0.3) is 0 Å². The van der Waals surface area contributed by atoms with Crippen molar-refractivity contribution in [1.82, 2.24) is 5.32 Å². The van der Waals surface area contributed by atoms with Crippen molar-refractivity contribution in [2.45, 2.75) is 13.0 Å². The number of nitrogens with zero attached hydrogens (tertiary/aromatic N) is 1. The molecular formula is C10H10BrN3O. The van der Waals surface area contributed by atoms with Crippen molar-refractivity contribution in [3.05, 3.63) is 33.8 Å². The molecule has 1 aromatic carbocycles. The van der Waals surface area contributed by atoms with Crippen molar-refractivity contribution in [1.29, 1.82) is 0 Å². The van der Waals surface area contributed by atoms with Crippen molar-refractivity contribution in [2.24, 2.45) is 10.7 Å². The van der Waals surface area contributed by atoms with Crippen LogP contribution in [0.5, 0.6) is 0 Å². The first-order chi connectivity index (χ1) is 7.08. The first kappa shape index (κ1) is 10.2. The summed E-state index contributed by atoms with van der Waals surface area (Å²) in [6.45, 7) is 2.00. The Morgan fingerprint density at radius 3 is 2.80 bits per heavy atom. The highest BCUT2D eigenvalue weighted by molar-refractivity contribution is 9.10. The molecule has 0 aromatic heterocycles. The summed E-state index contributed by atoms with van der Waals surface area (Å²) in [4.78, 5) is 14.6. The van der Waals surface area contributed by atoms with Gasteiger partial charge in [0.2, 0.25) is 0 Å². The van der Waals surface area contributed by atoms with Gasteiger partial charge in [-0.05, 0) is 24.1 Å². The second kappa shape index (κ2) is 3.66. The van der Waals surface area contributed by atoms with Crippen LogP contribution in [0, 0.1) is 6.92 Å². The Labute approximate surface area is 95.7 Å². The molecule has 0 radical (unpaired) electrons. The maximum atomic E-state index is 11.0. The molecule has 3 N–H and O–H groups in total. The molecule has 0 aliphatic carbocycles. The quantitative estimate of drug-likeness (QED) is 0.816. The van der Waals surface area contributed by atoms with E-state index in [9.17, 15) is 4.79 Å². The molecule has 2 amide bonds. The molecule has 1 atom stereocenters. The van der Waals surface area contributed by atoms with Crippen molar-refractivity contribution in [2.75, 3.05) is 0 Å². The van der Waals surface area contributed by atoms with E-state index in [-0.39, 0.29) is 12.1 Å². The summed E-state index contributed by atoms with van der Waals surface area (Å²) >= 11 is 3.43. The van der Waals surface area contributed by atoms with Crippen molar-refractivity contribution in [3.63, 3.8) is 0 Å². The van der Waals surface area contributed by atoms with E-state index in [1.807, 2.05) is 25.1 Å². The number of urea groups is 1. The molecule has 15 heavy (non-hydrogen) atoms. The third-order valence-electron chi connectivity index (χ3n) is 2.32. The van der Waals surface area contributed by atoms with Gasteiger partial charge in [-0.2, -0.15) is 4.99 Å². The summed E-state index contributed by atoms with van der Waals surface area (Å²) in [7, 11) is 0. The van der Waals surface area contributed by atoms with Gasteiger partial charge in [0.1, 0.15) is 11.9 Å². The summed E-state index contributed by atoms with van der Waals surface area (Å²) in [5.74, 6) is 0.316. The zero-order valence-corrected chi connectivity index (χ0v) is 9.71. The van der Waals surface area contributed by atoms with Gasteiger partial charge in [0.05, 0.1) is 0 Å². The number of halogens is 1. The number of hydrogen-bond acceptors (Lipinski definition) is 2. The lowest BCUT2D eigenvalue weighted by molar-refractivity contribution is 0.250. The van der Waals surface area contributed by atoms with Crippen molar-refractivity contribution in [3.8, 4) is 0 Å². The third-order valence-corrected chi connectivity index (χ3v) is 3.18. The summed E-state index contributed by atoms with van der Waals surface area (Å²) in [5.41, 5.74) is 7.71. The summed E-state index contributed by atoms with van der Waals surface area (Å²) < 4.78 is 0.994. The molecule has 1 aliphatic rings. The number of nitrogens with one attached hydrogen (secondary N) is 1. The number of benzene rings is 1.